The van der Waals surface area contributed by atoms with Gasteiger partial charge in [-0.25, -0.2) is 8.78 Å². The molecule has 0 aliphatic carbocycles. The first-order valence-electron chi connectivity index (χ1n) is 9.25. The molecule has 0 saturated carbocycles. The van der Waals surface area contributed by atoms with Crippen LogP contribution < -0.4 is 10.5 Å². The minimum absolute atomic E-state index is 0.312. The smallest absolute Gasteiger partial charge is 0.150 e. The summed E-state index contributed by atoms with van der Waals surface area (Å²) < 4.78 is 33.8. The number of unbranched alkanes of at least 4 members (excludes halogenated alkanes) is 1. The van der Waals surface area contributed by atoms with Crippen LogP contribution >= 0.6 is 0 Å². The monoisotopic (exact) mass is 381 g/mol. The highest BCUT2D eigenvalue weighted by Crippen LogP contribution is 2.38. The van der Waals surface area contributed by atoms with Crippen LogP contribution in [0.1, 0.15) is 18.4 Å². The lowest BCUT2D eigenvalue weighted by atomic mass is 9.97. The summed E-state index contributed by atoms with van der Waals surface area (Å²) in [5, 5.41) is 1.45. The molecule has 3 N–H and O–H groups in total. The summed E-state index contributed by atoms with van der Waals surface area (Å²) >= 11 is 0. The predicted octanol–water partition coefficient (Wildman–Crippen LogP) is 4.95. The van der Waals surface area contributed by atoms with E-state index in [-0.39, 0.29) is 0 Å². The number of nitrogens with two attached hydrogens (primary N) is 1. The molecule has 4 nitrogen and oxygen atoms in total. The van der Waals surface area contributed by atoms with Crippen LogP contribution in [0.2, 0.25) is 0 Å². The van der Waals surface area contributed by atoms with Crippen LogP contribution in [0.15, 0.2) is 42.6 Å². The second kappa shape index (κ2) is 7.56. The van der Waals surface area contributed by atoms with Gasteiger partial charge in [-0.3, -0.25) is 4.98 Å². The number of rotatable bonds is 6. The Kier molecular flexibility index (Phi) is 4.96. The van der Waals surface area contributed by atoms with Gasteiger partial charge in [0.15, 0.2) is 0 Å². The van der Waals surface area contributed by atoms with E-state index in [1.165, 1.54) is 6.07 Å². The Hall–Kier alpha value is -2.99. The van der Waals surface area contributed by atoms with Crippen LogP contribution in [-0.2, 0) is 6.42 Å². The molecular weight excluding hydrogens is 360 g/mol. The highest BCUT2D eigenvalue weighted by molar-refractivity contribution is 6.01. The lowest BCUT2D eigenvalue weighted by molar-refractivity contribution is 0.419. The van der Waals surface area contributed by atoms with Gasteiger partial charge < -0.3 is 15.5 Å². The van der Waals surface area contributed by atoms with Crippen molar-refractivity contribution in [2.24, 2.45) is 5.73 Å². The minimum Gasteiger partial charge on any atom is -0.494 e. The van der Waals surface area contributed by atoms with Crippen LogP contribution in [0.5, 0.6) is 5.75 Å². The Balaban J connectivity index is 1.99. The first kappa shape index (κ1) is 18.4. The average Bonchev–Trinajstić information content (AvgIpc) is 3.06. The van der Waals surface area contributed by atoms with E-state index in [0.717, 1.165) is 46.6 Å². The molecule has 144 valence electrons. The van der Waals surface area contributed by atoms with E-state index < -0.39 is 11.6 Å². The van der Waals surface area contributed by atoms with Crippen molar-refractivity contribution in [1.82, 2.24) is 9.97 Å². The number of aromatic nitrogens is 2. The maximum absolute atomic E-state index is 14.5. The maximum Gasteiger partial charge on any atom is 0.150 e. The maximum atomic E-state index is 14.5. The Labute approximate surface area is 161 Å². The number of methoxy groups -OCH3 is 1. The van der Waals surface area contributed by atoms with E-state index in [4.69, 9.17) is 10.5 Å². The molecule has 2 heterocycles. The van der Waals surface area contributed by atoms with Gasteiger partial charge in [0.2, 0.25) is 0 Å². The van der Waals surface area contributed by atoms with Crippen molar-refractivity contribution in [3.05, 3.63) is 59.8 Å². The molecule has 28 heavy (non-hydrogen) atoms. The molecule has 0 spiro atoms. The highest BCUT2D eigenvalue weighted by Gasteiger charge is 2.19. The molecule has 0 fully saturated rings. The molecule has 0 saturated heterocycles. The van der Waals surface area contributed by atoms with Crippen LogP contribution in [0.4, 0.5) is 8.78 Å². The van der Waals surface area contributed by atoms with Gasteiger partial charge in [0.25, 0.3) is 0 Å². The summed E-state index contributed by atoms with van der Waals surface area (Å²) in [6, 6.07) is 9.86. The number of ether oxygens (including phenoxy) is 1. The number of H-pyrrole nitrogens is 1. The molecule has 0 aliphatic heterocycles. The number of aromatic amines is 1. The fourth-order valence-electron chi connectivity index (χ4n) is 3.74. The molecule has 2 aromatic carbocycles. The van der Waals surface area contributed by atoms with Gasteiger partial charge in [-0.1, -0.05) is 6.07 Å². The third-order valence-electron chi connectivity index (χ3n) is 5.03. The lowest BCUT2D eigenvalue weighted by Crippen LogP contribution is -1.99. The fraction of sp³-hybridized carbons (Fsp3) is 0.227. The van der Waals surface area contributed by atoms with E-state index in [0.29, 0.717) is 29.6 Å². The minimum atomic E-state index is -0.600. The number of fused-ring (bicyclic) bond motifs is 2. The molecule has 0 aliphatic rings. The standard InChI is InChI=1S/C22H21F2N3O/c1-28-19-8-7-16(14-6-4-10-26-22(14)19)20-15(5-2-3-9-25)17-11-13(23)12-18(24)21(17)27-20/h4,6-8,10-12,27H,2-3,5,9,25H2,1H3. The van der Waals surface area contributed by atoms with Crippen molar-refractivity contribution in [2.45, 2.75) is 19.3 Å². The second-order valence-corrected chi connectivity index (χ2v) is 6.75. The van der Waals surface area contributed by atoms with E-state index in [9.17, 15) is 8.78 Å². The van der Waals surface area contributed by atoms with Gasteiger partial charge in [-0.05, 0) is 55.6 Å². The van der Waals surface area contributed by atoms with Crippen LogP contribution in [0, 0.1) is 11.6 Å². The van der Waals surface area contributed by atoms with Gasteiger partial charge in [0.1, 0.15) is 22.9 Å². The molecular formula is C22H21F2N3O. The number of nitrogens with one attached hydrogen (secondary N) is 1. The van der Waals surface area contributed by atoms with Crippen molar-refractivity contribution in [2.75, 3.05) is 13.7 Å². The number of hydrogen-bond acceptors (Lipinski definition) is 3. The summed E-state index contributed by atoms with van der Waals surface area (Å²) in [7, 11) is 1.60. The number of halogens is 2. The topological polar surface area (TPSA) is 63.9 Å². The zero-order chi connectivity index (χ0) is 19.7. The van der Waals surface area contributed by atoms with Gasteiger partial charge in [-0.15, -0.1) is 0 Å². The van der Waals surface area contributed by atoms with Crippen LogP contribution in [0.3, 0.4) is 0 Å². The molecule has 0 atom stereocenters. The van der Waals surface area contributed by atoms with Crippen LogP contribution in [0.25, 0.3) is 33.1 Å². The molecule has 0 radical (unpaired) electrons. The van der Waals surface area contributed by atoms with Gasteiger partial charge in [0, 0.05) is 28.6 Å². The summed E-state index contributed by atoms with van der Waals surface area (Å²) in [5.74, 6) is -0.522. The fourth-order valence-corrected chi connectivity index (χ4v) is 3.74. The molecule has 0 amide bonds. The summed E-state index contributed by atoms with van der Waals surface area (Å²) in [4.78, 5) is 7.63. The number of nitrogens with zero attached hydrogens (tertiary/aromatic N) is 1. The molecule has 4 rings (SSSR count). The Morgan fingerprint density at radius 3 is 2.75 bits per heavy atom. The Morgan fingerprint density at radius 2 is 1.96 bits per heavy atom. The Morgan fingerprint density at radius 1 is 1.11 bits per heavy atom. The normalized spacial score (nSPS) is 11.4. The zero-order valence-electron chi connectivity index (χ0n) is 15.6. The van der Waals surface area contributed by atoms with E-state index in [2.05, 4.69) is 9.97 Å². The van der Waals surface area contributed by atoms with Crippen molar-refractivity contribution in [3.8, 4) is 17.0 Å². The van der Waals surface area contributed by atoms with Gasteiger partial charge in [-0.2, -0.15) is 0 Å². The van der Waals surface area contributed by atoms with Crippen molar-refractivity contribution in [1.29, 1.82) is 0 Å². The average molecular weight is 381 g/mol. The first-order valence-corrected chi connectivity index (χ1v) is 9.25. The molecule has 0 unspecified atom stereocenters. The molecule has 2 aromatic heterocycles. The van der Waals surface area contributed by atoms with E-state index >= 15 is 0 Å². The third-order valence-corrected chi connectivity index (χ3v) is 5.03. The highest BCUT2D eigenvalue weighted by atomic mass is 19.1. The largest absolute Gasteiger partial charge is 0.494 e. The number of benzene rings is 2. The van der Waals surface area contributed by atoms with Gasteiger partial charge in [0.05, 0.1) is 18.3 Å². The molecule has 0 bridgehead atoms. The summed E-state index contributed by atoms with van der Waals surface area (Å²) in [5.41, 5.74) is 9.21. The molecule has 4 aromatic rings. The Bertz CT molecular complexity index is 1150. The van der Waals surface area contributed by atoms with Crippen molar-refractivity contribution in [3.63, 3.8) is 0 Å². The first-order chi connectivity index (χ1) is 13.6. The SMILES string of the molecule is COc1ccc(-c2[nH]c3c(F)cc(F)cc3c2CCCCN)c2cccnc12. The van der Waals surface area contributed by atoms with Crippen LogP contribution in [-0.4, -0.2) is 23.6 Å². The van der Waals surface area contributed by atoms with Gasteiger partial charge >= 0.3 is 0 Å². The van der Waals surface area contributed by atoms with E-state index in [1.807, 2.05) is 24.3 Å². The second-order valence-electron chi connectivity index (χ2n) is 6.75. The zero-order valence-corrected chi connectivity index (χ0v) is 15.6. The molecule has 6 heteroatoms. The number of aryl methyl sites for hydroxylation is 1. The van der Waals surface area contributed by atoms with Crippen molar-refractivity contribution < 1.29 is 13.5 Å². The number of hydrogen-bond donors (Lipinski definition) is 2. The van der Waals surface area contributed by atoms with Crippen molar-refractivity contribution >= 4 is 21.8 Å². The predicted molar refractivity (Wildman–Crippen MR) is 107 cm³/mol. The lowest BCUT2D eigenvalue weighted by Gasteiger charge is -2.11. The quantitative estimate of drug-likeness (QED) is 0.465. The summed E-state index contributed by atoms with van der Waals surface area (Å²) in [6.45, 7) is 0.579. The van der Waals surface area contributed by atoms with E-state index in [1.54, 1.807) is 13.3 Å². The summed E-state index contributed by atoms with van der Waals surface area (Å²) in [6.07, 6.45) is 4.05. The third kappa shape index (κ3) is 3.10. The number of pyridine rings is 1.